The van der Waals surface area contributed by atoms with Gasteiger partial charge in [-0.05, 0) is 24.3 Å². The Bertz CT molecular complexity index is 466. The van der Waals surface area contributed by atoms with Crippen molar-refractivity contribution in [3.63, 3.8) is 0 Å². The van der Waals surface area contributed by atoms with Crippen molar-refractivity contribution in [1.29, 1.82) is 0 Å². The van der Waals surface area contributed by atoms with E-state index in [9.17, 15) is 0 Å². The van der Waals surface area contributed by atoms with Gasteiger partial charge >= 0.3 is 0 Å². The van der Waals surface area contributed by atoms with E-state index in [4.69, 9.17) is 10.9 Å². The van der Waals surface area contributed by atoms with E-state index < -0.39 is 0 Å². The topological polar surface area (TPSA) is 87.6 Å². The third-order valence-corrected chi connectivity index (χ3v) is 4.21. The smallest absolute Gasteiger partial charge is 0.173 e. The summed E-state index contributed by atoms with van der Waals surface area (Å²) in [5.74, 6) is 0.782. The van der Waals surface area contributed by atoms with Crippen molar-refractivity contribution in [2.45, 2.75) is 33.1 Å². The maximum atomic E-state index is 8.83. The number of aromatic nitrogens is 2. The van der Waals surface area contributed by atoms with Gasteiger partial charge in [-0.15, -0.1) is 5.10 Å². The lowest BCUT2D eigenvalue weighted by Gasteiger charge is -2.39. The van der Waals surface area contributed by atoms with Crippen LogP contribution in [0.3, 0.4) is 0 Å². The molecule has 0 atom stereocenters. The van der Waals surface area contributed by atoms with E-state index in [0.717, 1.165) is 25.9 Å². The van der Waals surface area contributed by atoms with Crippen molar-refractivity contribution < 1.29 is 5.21 Å². The minimum atomic E-state index is 0.0775. The molecule has 0 amide bonds. The Morgan fingerprint density at radius 1 is 1.53 bits per heavy atom. The van der Waals surface area contributed by atoms with E-state index in [1.165, 1.54) is 6.42 Å². The van der Waals surface area contributed by atoms with Gasteiger partial charge in [0.05, 0.1) is 11.8 Å². The second kappa shape index (κ2) is 5.42. The Labute approximate surface area is 113 Å². The van der Waals surface area contributed by atoms with Crippen LogP contribution in [0.25, 0.3) is 0 Å². The second-order valence-corrected chi connectivity index (χ2v) is 5.40. The molecule has 1 aliphatic rings. The van der Waals surface area contributed by atoms with Gasteiger partial charge in [0.15, 0.2) is 11.7 Å². The van der Waals surface area contributed by atoms with Crippen LogP contribution in [0.2, 0.25) is 0 Å². The Kier molecular flexibility index (Phi) is 3.87. The van der Waals surface area contributed by atoms with E-state index in [1.807, 2.05) is 0 Å². The summed E-state index contributed by atoms with van der Waals surface area (Å²) in [5, 5.41) is 19.9. The van der Waals surface area contributed by atoms with Crippen molar-refractivity contribution in [3.05, 3.63) is 17.8 Å². The number of amidine groups is 1. The summed E-state index contributed by atoms with van der Waals surface area (Å²) >= 11 is 0. The van der Waals surface area contributed by atoms with E-state index in [-0.39, 0.29) is 5.84 Å². The van der Waals surface area contributed by atoms with Gasteiger partial charge < -0.3 is 15.8 Å². The number of oxime groups is 1. The number of piperidine rings is 1. The van der Waals surface area contributed by atoms with Gasteiger partial charge in [0.2, 0.25) is 0 Å². The van der Waals surface area contributed by atoms with Gasteiger partial charge in [0.1, 0.15) is 0 Å². The minimum Gasteiger partial charge on any atom is -0.409 e. The van der Waals surface area contributed by atoms with Crippen LogP contribution in [-0.2, 0) is 0 Å². The summed E-state index contributed by atoms with van der Waals surface area (Å²) in [6.45, 7) is 6.41. The normalized spacial score (nSPS) is 19.5. The van der Waals surface area contributed by atoms with Gasteiger partial charge in [-0.2, -0.15) is 5.10 Å². The highest BCUT2D eigenvalue weighted by molar-refractivity contribution is 6.01. The van der Waals surface area contributed by atoms with Crippen molar-refractivity contribution in [2.24, 2.45) is 16.3 Å². The first kappa shape index (κ1) is 13.6. The molecule has 2 rings (SSSR count). The first-order valence-corrected chi connectivity index (χ1v) is 6.64. The average Bonchev–Trinajstić information content (AvgIpc) is 2.47. The summed E-state index contributed by atoms with van der Waals surface area (Å²) < 4.78 is 0. The molecule has 0 bridgehead atoms. The molecule has 3 N–H and O–H groups in total. The SMILES string of the molecule is CCC1(C)CCN(c2nnccc2/C(N)=N/O)CC1. The number of nitrogens with zero attached hydrogens (tertiary/aromatic N) is 4. The quantitative estimate of drug-likeness (QED) is 0.374. The van der Waals surface area contributed by atoms with E-state index in [1.54, 1.807) is 12.3 Å². The van der Waals surface area contributed by atoms with Crippen LogP contribution in [0.1, 0.15) is 38.7 Å². The highest BCUT2D eigenvalue weighted by atomic mass is 16.4. The molecular formula is C13H21N5O. The van der Waals surface area contributed by atoms with Crippen molar-refractivity contribution >= 4 is 11.7 Å². The number of rotatable bonds is 3. The Morgan fingerprint density at radius 3 is 2.79 bits per heavy atom. The zero-order valence-corrected chi connectivity index (χ0v) is 11.5. The summed E-state index contributed by atoms with van der Waals surface area (Å²) in [5.41, 5.74) is 6.74. The second-order valence-electron chi connectivity index (χ2n) is 5.40. The highest BCUT2D eigenvalue weighted by Gasteiger charge is 2.30. The van der Waals surface area contributed by atoms with Gasteiger partial charge in [-0.1, -0.05) is 25.4 Å². The van der Waals surface area contributed by atoms with Gasteiger partial charge in [0, 0.05) is 13.1 Å². The fourth-order valence-electron chi connectivity index (χ4n) is 2.42. The molecule has 6 nitrogen and oxygen atoms in total. The van der Waals surface area contributed by atoms with Crippen LogP contribution >= 0.6 is 0 Å². The van der Waals surface area contributed by atoms with Crippen LogP contribution in [0.5, 0.6) is 0 Å². The molecule has 1 aromatic rings. The molecule has 0 aliphatic carbocycles. The Morgan fingerprint density at radius 2 is 2.21 bits per heavy atom. The predicted octanol–water partition coefficient (Wildman–Crippen LogP) is 1.59. The summed E-state index contributed by atoms with van der Waals surface area (Å²) in [4.78, 5) is 2.16. The van der Waals surface area contributed by atoms with Gasteiger partial charge in [-0.3, -0.25) is 0 Å². The third kappa shape index (κ3) is 2.77. The number of nitrogens with two attached hydrogens (primary N) is 1. The molecule has 1 fully saturated rings. The largest absolute Gasteiger partial charge is 0.409 e. The van der Waals surface area contributed by atoms with Gasteiger partial charge in [-0.25, -0.2) is 0 Å². The van der Waals surface area contributed by atoms with Gasteiger partial charge in [0.25, 0.3) is 0 Å². The van der Waals surface area contributed by atoms with Crippen LogP contribution < -0.4 is 10.6 Å². The third-order valence-electron chi connectivity index (χ3n) is 4.21. The summed E-state index contributed by atoms with van der Waals surface area (Å²) in [6, 6.07) is 1.73. The molecule has 2 heterocycles. The van der Waals surface area contributed by atoms with Crippen molar-refractivity contribution in [2.75, 3.05) is 18.0 Å². The number of hydrogen-bond donors (Lipinski definition) is 2. The standard InChI is InChI=1S/C13H21N5O/c1-3-13(2)5-8-18(9-6-13)12-10(11(14)17-19)4-7-15-16-12/h4,7,19H,3,5-6,8-9H2,1-2H3,(H2,14,17). The lowest BCUT2D eigenvalue weighted by Crippen LogP contribution is -2.40. The zero-order valence-electron chi connectivity index (χ0n) is 11.5. The number of anilines is 1. The van der Waals surface area contributed by atoms with E-state index >= 15 is 0 Å². The van der Waals surface area contributed by atoms with Crippen LogP contribution in [-0.4, -0.2) is 34.3 Å². The van der Waals surface area contributed by atoms with Crippen LogP contribution in [0.4, 0.5) is 5.82 Å². The Hall–Kier alpha value is -1.85. The molecule has 0 unspecified atom stereocenters. The molecule has 0 aromatic carbocycles. The minimum absolute atomic E-state index is 0.0775. The predicted molar refractivity (Wildman–Crippen MR) is 74.4 cm³/mol. The first-order chi connectivity index (χ1) is 9.09. The Balaban J connectivity index is 2.20. The zero-order chi connectivity index (χ0) is 13.9. The molecule has 0 saturated carbocycles. The average molecular weight is 263 g/mol. The molecule has 0 radical (unpaired) electrons. The maximum Gasteiger partial charge on any atom is 0.173 e. The maximum absolute atomic E-state index is 8.83. The van der Waals surface area contributed by atoms with Crippen LogP contribution in [0.15, 0.2) is 17.4 Å². The molecule has 104 valence electrons. The molecule has 0 spiro atoms. The van der Waals surface area contributed by atoms with Crippen molar-refractivity contribution in [1.82, 2.24) is 10.2 Å². The molecular weight excluding hydrogens is 242 g/mol. The molecule has 6 heteroatoms. The fourth-order valence-corrected chi connectivity index (χ4v) is 2.42. The molecule has 1 saturated heterocycles. The highest BCUT2D eigenvalue weighted by Crippen LogP contribution is 2.35. The molecule has 19 heavy (non-hydrogen) atoms. The molecule has 1 aromatic heterocycles. The summed E-state index contributed by atoms with van der Waals surface area (Å²) in [7, 11) is 0. The molecule has 1 aliphatic heterocycles. The lowest BCUT2D eigenvalue weighted by atomic mass is 9.78. The lowest BCUT2D eigenvalue weighted by molar-refractivity contribution is 0.237. The monoisotopic (exact) mass is 263 g/mol. The van der Waals surface area contributed by atoms with Crippen molar-refractivity contribution in [3.8, 4) is 0 Å². The van der Waals surface area contributed by atoms with Crippen LogP contribution in [0, 0.1) is 5.41 Å². The fraction of sp³-hybridized carbons (Fsp3) is 0.615. The van der Waals surface area contributed by atoms with E-state index in [0.29, 0.717) is 16.8 Å². The summed E-state index contributed by atoms with van der Waals surface area (Å²) in [6.07, 6.45) is 4.98. The van der Waals surface area contributed by atoms with E-state index in [2.05, 4.69) is 34.1 Å². The number of hydrogen-bond acceptors (Lipinski definition) is 5. The first-order valence-electron chi connectivity index (χ1n) is 6.64.